The largest absolute Gasteiger partial charge is 0.327 e. The van der Waals surface area contributed by atoms with E-state index in [-0.39, 0.29) is 6.04 Å². The Kier molecular flexibility index (Phi) is 3.17. The second-order valence-corrected chi connectivity index (χ2v) is 2.97. The predicted octanol–water partition coefficient (Wildman–Crippen LogP) is 1.06. The molecule has 0 saturated carbocycles. The zero-order chi connectivity index (χ0) is 8.97. The quantitative estimate of drug-likeness (QED) is 0.728. The number of aromatic nitrogens is 2. The number of rotatable bonds is 3. The molecule has 0 aliphatic rings. The lowest BCUT2D eigenvalue weighted by Crippen LogP contribution is -2.22. The molecule has 0 aromatic carbocycles. The van der Waals surface area contributed by atoms with Gasteiger partial charge in [0.25, 0.3) is 0 Å². The molecule has 1 heterocycles. The first-order valence-electron chi connectivity index (χ1n) is 4.26. The van der Waals surface area contributed by atoms with Crippen LogP contribution < -0.4 is 5.73 Å². The zero-order valence-corrected chi connectivity index (χ0v) is 7.62. The Morgan fingerprint density at radius 1 is 1.58 bits per heavy atom. The maximum Gasteiger partial charge on any atom is 0.125 e. The first kappa shape index (κ1) is 9.13. The number of hydrogen-bond acceptors (Lipinski definition) is 3. The van der Waals surface area contributed by atoms with Crippen molar-refractivity contribution in [3.05, 3.63) is 23.8 Å². The highest BCUT2D eigenvalue weighted by Crippen LogP contribution is 2.00. The molecule has 0 radical (unpaired) electrons. The van der Waals surface area contributed by atoms with E-state index in [1.807, 2.05) is 13.0 Å². The van der Waals surface area contributed by atoms with Crippen LogP contribution in [-0.2, 0) is 6.42 Å². The molecule has 3 nitrogen and oxygen atoms in total. The Hall–Kier alpha value is -0.960. The zero-order valence-electron chi connectivity index (χ0n) is 7.62. The fourth-order valence-corrected chi connectivity index (χ4v) is 1.03. The minimum absolute atomic E-state index is 0.222. The van der Waals surface area contributed by atoms with Crippen LogP contribution in [0.4, 0.5) is 0 Å². The second-order valence-electron chi connectivity index (χ2n) is 2.97. The highest BCUT2D eigenvalue weighted by Gasteiger charge is 2.02. The Balaban J connectivity index is 2.63. The summed E-state index contributed by atoms with van der Waals surface area (Å²) in [5.74, 6) is 0.816. The van der Waals surface area contributed by atoms with Gasteiger partial charge in [0, 0.05) is 24.4 Å². The molecule has 0 aliphatic heterocycles. The number of aryl methyl sites for hydroxylation is 1. The summed E-state index contributed by atoms with van der Waals surface area (Å²) in [5.41, 5.74) is 6.83. The third-order valence-electron chi connectivity index (χ3n) is 1.83. The van der Waals surface area contributed by atoms with Crippen LogP contribution >= 0.6 is 0 Å². The molecular weight excluding hydrogens is 150 g/mol. The van der Waals surface area contributed by atoms with Crippen molar-refractivity contribution in [2.45, 2.75) is 32.7 Å². The molecule has 0 fully saturated rings. The average Bonchev–Trinajstić information content (AvgIpc) is 2.04. The van der Waals surface area contributed by atoms with Crippen LogP contribution in [0.25, 0.3) is 0 Å². The van der Waals surface area contributed by atoms with Crippen molar-refractivity contribution in [3.8, 4) is 0 Å². The van der Waals surface area contributed by atoms with Crippen molar-refractivity contribution in [3.63, 3.8) is 0 Å². The second kappa shape index (κ2) is 4.16. The number of hydrogen-bond donors (Lipinski definition) is 1. The van der Waals surface area contributed by atoms with Gasteiger partial charge in [0.1, 0.15) is 5.82 Å². The van der Waals surface area contributed by atoms with Gasteiger partial charge in [-0.25, -0.2) is 9.97 Å². The Morgan fingerprint density at radius 2 is 2.33 bits per heavy atom. The van der Waals surface area contributed by atoms with E-state index < -0.39 is 0 Å². The molecule has 1 aromatic rings. The van der Waals surface area contributed by atoms with E-state index in [4.69, 9.17) is 5.73 Å². The summed E-state index contributed by atoms with van der Waals surface area (Å²) < 4.78 is 0. The molecule has 1 rings (SSSR count). The first-order valence-corrected chi connectivity index (χ1v) is 4.26. The van der Waals surface area contributed by atoms with Gasteiger partial charge >= 0.3 is 0 Å². The minimum Gasteiger partial charge on any atom is -0.327 e. The van der Waals surface area contributed by atoms with Crippen molar-refractivity contribution < 1.29 is 0 Å². The molecular formula is C9H15N3. The maximum absolute atomic E-state index is 5.79. The monoisotopic (exact) mass is 165 g/mol. The summed E-state index contributed by atoms with van der Waals surface area (Å²) in [6.45, 7) is 3.97. The van der Waals surface area contributed by atoms with Crippen molar-refractivity contribution in [2.24, 2.45) is 5.73 Å². The third-order valence-corrected chi connectivity index (χ3v) is 1.83. The maximum atomic E-state index is 5.79. The van der Waals surface area contributed by atoms with Crippen LogP contribution in [0.2, 0.25) is 0 Å². The molecule has 66 valence electrons. The van der Waals surface area contributed by atoms with Crippen molar-refractivity contribution >= 4 is 0 Å². The molecule has 3 heteroatoms. The van der Waals surface area contributed by atoms with Gasteiger partial charge in [-0.3, -0.25) is 0 Å². The van der Waals surface area contributed by atoms with Crippen LogP contribution in [0.3, 0.4) is 0 Å². The lowest BCUT2D eigenvalue weighted by atomic mass is 10.1. The summed E-state index contributed by atoms with van der Waals surface area (Å²) in [6, 6.07) is 2.14. The highest BCUT2D eigenvalue weighted by molar-refractivity contribution is 5.03. The highest BCUT2D eigenvalue weighted by atomic mass is 14.9. The minimum atomic E-state index is 0.222. The lowest BCUT2D eigenvalue weighted by molar-refractivity contribution is 0.634. The van der Waals surface area contributed by atoms with E-state index in [0.717, 1.165) is 24.4 Å². The van der Waals surface area contributed by atoms with Gasteiger partial charge in [-0.1, -0.05) is 6.92 Å². The van der Waals surface area contributed by atoms with Gasteiger partial charge in [-0.05, 0) is 19.4 Å². The smallest absolute Gasteiger partial charge is 0.125 e. The van der Waals surface area contributed by atoms with Gasteiger partial charge in [0.05, 0.1) is 0 Å². The summed E-state index contributed by atoms with van der Waals surface area (Å²) in [7, 11) is 0. The van der Waals surface area contributed by atoms with Gasteiger partial charge < -0.3 is 5.73 Å². The normalized spacial score (nSPS) is 12.9. The predicted molar refractivity (Wildman–Crippen MR) is 48.7 cm³/mol. The van der Waals surface area contributed by atoms with Crippen LogP contribution in [0.15, 0.2) is 12.3 Å². The van der Waals surface area contributed by atoms with E-state index in [1.165, 1.54) is 0 Å². The molecule has 2 N–H and O–H groups in total. The van der Waals surface area contributed by atoms with Crippen molar-refractivity contribution in [2.75, 3.05) is 0 Å². The number of nitrogens with zero attached hydrogens (tertiary/aromatic N) is 2. The molecule has 1 atom stereocenters. The first-order chi connectivity index (χ1) is 5.72. The molecule has 1 aromatic heterocycles. The number of nitrogens with two attached hydrogens (primary N) is 1. The Morgan fingerprint density at radius 3 is 2.92 bits per heavy atom. The van der Waals surface area contributed by atoms with Crippen LogP contribution in [0.5, 0.6) is 0 Å². The molecule has 12 heavy (non-hydrogen) atoms. The van der Waals surface area contributed by atoms with E-state index in [0.29, 0.717) is 0 Å². The third kappa shape index (κ3) is 2.58. The standard InChI is InChI=1S/C9H15N3/c1-3-8(10)6-9-4-5-11-7(2)12-9/h4-5,8H,3,6,10H2,1-2H3. The lowest BCUT2D eigenvalue weighted by Gasteiger charge is -2.07. The van der Waals surface area contributed by atoms with E-state index in [1.54, 1.807) is 6.20 Å². The average molecular weight is 165 g/mol. The molecule has 0 bridgehead atoms. The molecule has 0 saturated heterocycles. The Bertz CT molecular complexity index is 247. The van der Waals surface area contributed by atoms with E-state index >= 15 is 0 Å². The van der Waals surface area contributed by atoms with Crippen LogP contribution in [0, 0.1) is 6.92 Å². The molecule has 0 amide bonds. The Labute approximate surface area is 73.0 Å². The fraction of sp³-hybridized carbons (Fsp3) is 0.556. The summed E-state index contributed by atoms with van der Waals surface area (Å²) >= 11 is 0. The summed E-state index contributed by atoms with van der Waals surface area (Å²) in [4.78, 5) is 8.29. The molecule has 0 spiro atoms. The van der Waals surface area contributed by atoms with Crippen molar-refractivity contribution in [1.82, 2.24) is 9.97 Å². The van der Waals surface area contributed by atoms with Crippen LogP contribution in [0.1, 0.15) is 24.9 Å². The summed E-state index contributed by atoms with van der Waals surface area (Å²) in [6.07, 6.45) is 3.61. The van der Waals surface area contributed by atoms with E-state index in [2.05, 4.69) is 16.9 Å². The van der Waals surface area contributed by atoms with Crippen LogP contribution in [-0.4, -0.2) is 16.0 Å². The topological polar surface area (TPSA) is 51.8 Å². The molecule has 1 unspecified atom stereocenters. The van der Waals surface area contributed by atoms with E-state index in [9.17, 15) is 0 Å². The van der Waals surface area contributed by atoms with Gasteiger partial charge in [0.2, 0.25) is 0 Å². The van der Waals surface area contributed by atoms with Gasteiger partial charge in [-0.2, -0.15) is 0 Å². The molecule has 0 aliphatic carbocycles. The summed E-state index contributed by atoms with van der Waals surface area (Å²) in [5, 5.41) is 0. The SMILES string of the molecule is CCC(N)Cc1ccnc(C)n1. The van der Waals surface area contributed by atoms with Gasteiger partial charge in [-0.15, -0.1) is 0 Å². The van der Waals surface area contributed by atoms with Crippen molar-refractivity contribution in [1.29, 1.82) is 0 Å². The van der Waals surface area contributed by atoms with Gasteiger partial charge in [0.15, 0.2) is 0 Å². The fourth-order valence-electron chi connectivity index (χ4n) is 1.03.